The van der Waals surface area contributed by atoms with Gasteiger partial charge in [0.1, 0.15) is 18.2 Å². The molecule has 0 bridgehead atoms. The maximum atomic E-state index is 12.0. The summed E-state index contributed by atoms with van der Waals surface area (Å²) in [5, 5.41) is 2.93. The van der Waals surface area contributed by atoms with E-state index in [1.807, 2.05) is 79.7 Å². The van der Waals surface area contributed by atoms with E-state index in [0.29, 0.717) is 32.1 Å². The molecule has 4 rings (SSSR count). The molecule has 0 unspecified atom stereocenters. The fourth-order valence-electron chi connectivity index (χ4n) is 4.19. The number of para-hydroxylation sites is 5. The summed E-state index contributed by atoms with van der Waals surface area (Å²) in [4.78, 5) is 16.9. The normalized spacial score (nSPS) is 10.8. The minimum atomic E-state index is -0.100. The third-order valence-electron chi connectivity index (χ3n) is 5.97. The van der Waals surface area contributed by atoms with Crippen LogP contribution in [0.4, 0.5) is 0 Å². The zero-order valence-corrected chi connectivity index (χ0v) is 21.4. The lowest BCUT2D eigenvalue weighted by atomic mass is 10.2. The number of nitrogens with zero attached hydrogens (tertiary/aromatic N) is 2. The van der Waals surface area contributed by atoms with E-state index in [1.165, 1.54) is 0 Å². The average Bonchev–Trinajstić information content (AvgIpc) is 3.28. The van der Waals surface area contributed by atoms with Gasteiger partial charge in [0.25, 0.3) is 5.91 Å². The predicted octanol–water partition coefficient (Wildman–Crippen LogP) is 5.42. The number of aromatic nitrogens is 2. The number of ether oxygens (including phenoxy) is 3. The van der Waals surface area contributed by atoms with Crippen molar-refractivity contribution < 1.29 is 19.0 Å². The van der Waals surface area contributed by atoms with Gasteiger partial charge >= 0.3 is 0 Å². The van der Waals surface area contributed by atoms with Crippen molar-refractivity contribution in [2.75, 3.05) is 26.4 Å². The monoisotopic (exact) mass is 501 g/mol. The Kier molecular flexibility index (Phi) is 9.81. The number of unbranched alkanes of at least 4 members (excludes halogenated alkanes) is 2. The summed E-state index contributed by atoms with van der Waals surface area (Å²) in [5.41, 5.74) is 2.11. The first kappa shape index (κ1) is 26.1. The van der Waals surface area contributed by atoms with Crippen LogP contribution in [0, 0.1) is 0 Å². The molecule has 0 aliphatic heterocycles. The van der Waals surface area contributed by atoms with Crippen molar-refractivity contribution in [2.45, 2.75) is 39.2 Å². The number of carbonyl (C=O) groups is 1. The van der Waals surface area contributed by atoms with Crippen molar-refractivity contribution in [1.29, 1.82) is 0 Å². The highest BCUT2D eigenvalue weighted by molar-refractivity contribution is 5.77. The molecular weight excluding hydrogens is 466 g/mol. The number of fused-ring (bicyclic) bond motifs is 1. The van der Waals surface area contributed by atoms with Gasteiger partial charge in [-0.05, 0) is 56.2 Å². The molecule has 0 fully saturated rings. The summed E-state index contributed by atoms with van der Waals surface area (Å²) < 4.78 is 19.5. The van der Waals surface area contributed by atoms with Crippen LogP contribution in [0.5, 0.6) is 17.2 Å². The Morgan fingerprint density at radius 2 is 1.57 bits per heavy atom. The Balaban J connectivity index is 1.23. The maximum absolute atomic E-state index is 12.0. The highest BCUT2D eigenvalue weighted by atomic mass is 16.5. The topological polar surface area (TPSA) is 74.6 Å². The number of hydrogen-bond acceptors (Lipinski definition) is 5. The molecule has 0 atom stereocenters. The number of rotatable bonds is 15. The number of hydrogen-bond donors (Lipinski definition) is 1. The number of imidazole rings is 1. The molecule has 3 aromatic carbocycles. The third kappa shape index (κ3) is 7.74. The largest absolute Gasteiger partial charge is 0.490 e. The maximum Gasteiger partial charge on any atom is 0.257 e. The van der Waals surface area contributed by atoms with E-state index < -0.39 is 0 Å². The second-order valence-electron chi connectivity index (χ2n) is 8.66. The van der Waals surface area contributed by atoms with Crippen molar-refractivity contribution in [3.8, 4) is 17.2 Å². The minimum absolute atomic E-state index is 0.0329. The Bertz CT molecular complexity index is 1260. The van der Waals surface area contributed by atoms with Crippen molar-refractivity contribution >= 4 is 16.9 Å². The van der Waals surface area contributed by atoms with Crippen LogP contribution >= 0.6 is 0 Å². The van der Waals surface area contributed by atoms with E-state index in [4.69, 9.17) is 19.2 Å². The standard InChI is InChI=1S/C30H35N3O4/c1-2-35-27-17-10-11-18-28(27)36-22-21-33-26-16-9-8-15-25(26)32-29(33)19-7-4-12-20-31-30(34)23-37-24-13-5-3-6-14-24/h3,5-6,8-11,13-18H,2,4,7,12,19-23H2,1H3,(H,31,34). The molecule has 0 aliphatic rings. The molecule has 0 saturated carbocycles. The number of nitrogens with one attached hydrogen (secondary N) is 1. The van der Waals surface area contributed by atoms with Gasteiger partial charge in [0.15, 0.2) is 18.1 Å². The second kappa shape index (κ2) is 13.9. The molecule has 1 aromatic heterocycles. The van der Waals surface area contributed by atoms with Crippen molar-refractivity contribution in [3.05, 3.63) is 84.7 Å². The van der Waals surface area contributed by atoms with Gasteiger partial charge in [0, 0.05) is 13.0 Å². The van der Waals surface area contributed by atoms with E-state index in [2.05, 4.69) is 16.0 Å². The zero-order valence-electron chi connectivity index (χ0n) is 21.4. The minimum Gasteiger partial charge on any atom is -0.490 e. The zero-order chi connectivity index (χ0) is 25.7. The van der Waals surface area contributed by atoms with Gasteiger partial charge in [0.05, 0.1) is 24.2 Å². The summed E-state index contributed by atoms with van der Waals surface area (Å²) in [6.45, 7) is 4.46. The number of carbonyl (C=O) groups excluding carboxylic acids is 1. The van der Waals surface area contributed by atoms with Crippen LogP contribution in [0.3, 0.4) is 0 Å². The van der Waals surface area contributed by atoms with Crippen LogP contribution in [0.1, 0.15) is 32.0 Å². The summed E-state index contributed by atoms with van der Waals surface area (Å²) in [5.74, 6) is 3.18. The molecule has 7 heteroatoms. The van der Waals surface area contributed by atoms with E-state index >= 15 is 0 Å². The summed E-state index contributed by atoms with van der Waals surface area (Å²) in [6.07, 6.45) is 3.78. The van der Waals surface area contributed by atoms with Gasteiger partial charge < -0.3 is 24.1 Å². The Hall–Kier alpha value is -4.00. The number of aryl methyl sites for hydroxylation is 1. The molecule has 0 radical (unpaired) electrons. The first-order valence-corrected chi connectivity index (χ1v) is 13.0. The van der Waals surface area contributed by atoms with Crippen molar-refractivity contribution in [3.63, 3.8) is 0 Å². The van der Waals surface area contributed by atoms with E-state index in [9.17, 15) is 4.79 Å². The van der Waals surface area contributed by atoms with Gasteiger partial charge in [-0.3, -0.25) is 4.79 Å². The van der Waals surface area contributed by atoms with Gasteiger partial charge in [-0.25, -0.2) is 4.98 Å². The molecule has 194 valence electrons. The van der Waals surface area contributed by atoms with E-state index in [0.717, 1.165) is 54.0 Å². The van der Waals surface area contributed by atoms with Crippen molar-refractivity contribution in [1.82, 2.24) is 14.9 Å². The van der Waals surface area contributed by atoms with Crippen molar-refractivity contribution in [2.24, 2.45) is 0 Å². The summed E-state index contributed by atoms with van der Waals surface area (Å²) in [6, 6.07) is 25.3. The molecule has 4 aromatic rings. The fraction of sp³-hybridized carbons (Fsp3) is 0.333. The fourth-order valence-corrected chi connectivity index (χ4v) is 4.19. The van der Waals surface area contributed by atoms with Crippen LogP contribution in [-0.2, 0) is 17.8 Å². The Morgan fingerprint density at radius 3 is 2.38 bits per heavy atom. The lowest BCUT2D eigenvalue weighted by Gasteiger charge is -2.13. The molecule has 1 heterocycles. The molecule has 1 N–H and O–H groups in total. The first-order chi connectivity index (χ1) is 18.2. The van der Waals surface area contributed by atoms with Gasteiger partial charge in [-0.15, -0.1) is 0 Å². The first-order valence-electron chi connectivity index (χ1n) is 13.0. The SMILES string of the molecule is CCOc1ccccc1OCCn1c(CCCCCNC(=O)COc2ccccc2)nc2ccccc21. The molecule has 0 spiro atoms. The van der Waals surface area contributed by atoms with E-state index in [-0.39, 0.29) is 12.5 Å². The average molecular weight is 502 g/mol. The number of benzene rings is 3. The van der Waals surface area contributed by atoms with E-state index in [1.54, 1.807) is 0 Å². The van der Waals surface area contributed by atoms with Crippen LogP contribution in [-0.4, -0.2) is 41.8 Å². The highest BCUT2D eigenvalue weighted by Crippen LogP contribution is 2.26. The molecule has 7 nitrogen and oxygen atoms in total. The quantitative estimate of drug-likeness (QED) is 0.220. The third-order valence-corrected chi connectivity index (χ3v) is 5.97. The molecule has 37 heavy (non-hydrogen) atoms. The Morgan fingerprint density at radius 1 is 0.838 bits per heavy atom. The molecular formula is C30H35N3O4. The highest BCUT2D eigenvalue weighted by Gasteiger charge is 2.11. The predicted molar refractivity (Wildman–Crippen MR) is 145 cm³/mol. The van der Waals surface area contributed by atoms with Gasteiger partial charge in [0.2, 0.25) is 0 Å². The summed E-state index contributed by atoms with van der Waals surface area (Å²) >= 11 is 0. The van der Waals surface area contributed by atoms with Crippen LogP contribution in [0.2, 0.25) is 0 Å². The Labute approximate surface area is 218 Å². The van der Waals surface area contributed by atoms with Gasteiger partial charge in [-0.2, -0.15) is 0 Å². The van der Waals surface area contributed by atoms with Crippen LogP contribution < -0.4 is 19.5 Å². The summed E-state index contributed by atoms with van der Waals surface area (Å²) in [7, 11) is 0. The van der Waals surface area contributed by atoms with Crippen LogP contribution in [0.25, 0.3) is 11.0 Å². The van der Waals surface area contributed by atoms with Gasteiger partial charge in [-0.1, -0.05) is 48.9 Å². The molecule has 0 aliphatic carbocycles. The molecule has 0 saturated heterocycles. The lowest BCUT2D eigenvalue weighted by molar-refractivity contribution is -0.123. The van der Waals surface area contributed by atoms with Crippen LogP contribution in [0.15, 0.2) is 78.9 Å². The molecule has 1 amide bonds. The number of amides is 1. The lowest BCUT2D eigenvalue weighted by Crippen LogP contribution is -2.29. The smallest absolute Gasteiger partial charge is 0.257 e. The second-order valence-corrected chi connectivity index (χ2v) is 8.66.